The van der Waals surface area contributed by atoms with Gasteiger partial charge in [0.15, 0.2) is 0 Å². The fourth-order valence-corrected chi connectivity index (χ4v) is 1.61. The Kier molecular flexibility index (Phi) is 10.5. The van der Waals surface area contributed by atoms with Crippen LogP contribution < -0.4 is 17.0 Å². The number of quaternary nitrogens is 1. The van der Waals surface area contributed by atoms with E-state index >= 15 is 0 Å². The van der Waals surface area contributed by atoms with Gasteiger partial charge in [-0.25, -0.2) is 0 Å². The molecule has 0 spiro atoms. The van der Waals surface area contributed by atoms with Crippen molar-refractivity contribution >= 4 is 0 Å². The van der Waals surface area contributed by atoms with Crippen LogP contribution in [0.2, 0.25) is 0 Å². The minimum atomic E-state index is 0. The van der Waals surface area contributed by atoms with Gasteiger partial charge in [0, 0.05) is 0 Å². The van der Waals surface area contributed by atoms with Crippen molar-refractivity contribution in [3.8, 4) is 0 Å². The predicted molar refractivity (Wildman–Crippen MR) is 74.6 cm³/mol. The summed E-state index contributed by atoms with van der Waals surface area (Å²) in [5, 5.41) is 0. The minimum absolute atomic E-state index is 0. The molecule has 104 valence electrons. The fourth-order valence-electron chi connectivity index (χ4n) is 1.61. The summed E-state index contributed by atoms with van der Waals surface area (Å²) in [4.78, 5) is 0. The average molecular weight is 306 g/mol. The van der Waals surface area contributed by atoms with Gasteiger partial charge in [-0.1, -0.05) is 18.6 Å². The number of allylic oxidation sites excluding steroid dienone is 2. The van der Waals surface area contributed by atoms with Gasteiger partial charge in [0.2, 0.25) is 0 Å². The zero-order chi connectivity index (χ0) is 12.8. The highest BCUT2D eigenvalue weighted by Crippen LogP contribution is 2.15. The smallest absolute Gasteiger partial charge is 0.0829 e. The molecule has 0 rings (SSSR count). The van der Waals surface area contributed by atoms with E-state index in [1.165, 1.54) is 31.4 Å². The van der Waals surface area contributed by atoms with Gasteiger partial charge in [-0.15, -0.1) is 0 Å². The molecule has 0 aliphatic rings. The lowest BCUT2D eigenvalue weighted by atomic mass is 10.00. The molecular formula is C15H32BrN. The quantitative estimate of drug-likeness (QED) is 0.490. The maximum atomic E-state index is 2.39. The summed E-state index contributed by atoms with van der Waals surface area (Å²) >= 11 is 0. The fraction of sp³-hybridized carbons (Fsp3) is 0.867. The maximum Gasteiger partial charge on any atom is 0.0829 e. The zero-order valence-corrected chi connectivity index (χ0v) is 14.5. The molecule has 0 aromatic heterocycles. The largest absolute Gasteiger partial charge is 1.00 e. The van der Waals surface area contributed by atoms with Crippen molar-refractivity contribution < 1.29 is 21.5 Å². The normalized spacial score (nSPS) is 13.2. The summed E-state index contributed by atoms with van der Waals surface area (Å²) in [7, 11) is 4.68. The van der Waals surface area contributed by atoms with Crippen LogP contribution >= 0.6 is 0 Å². The molecule has 0 saturated carbocycles. The Morgan fingerprint density at radius 2 is 1.59 bits per heavy atom. The molecule has 0 N–H and O–H groups in total. The third-order valence-electron chi connectivity index (χ3n) is 3.81. The van der Waals surface area contributed by atoms with Crippen LogP contribution in [0.5, 0.6) is 0 Å². The van der Waals surface area contributed by atoms with Crippen LogP contribution in [-0.2, 0) is 0 Å². The summed E-state index contributed by atoms with van der Waals surface area (Å²) < 4.78 is 1.15. The third-order valence-corrected chi connectivity index (χ3v) is 3.81. The molecule has 0 heterocycles. The van der Waals surface area contributed by atoms with Gasteiger partial charge in [-0.05, 0) is 52.9 Å². The second-order valence-corrected chi connectivity index (χ2v) is 6.35. The number of rotatable bonds is 7. The van der Waals surface area contributed by atoms with Crippen LogP contribution in [0.4, 0.5) is 0 Å². The molecule has 0 aromatic carbocycles. The van der Waals surface area contributed by atoms with Crippen molar-refractivity contribution in [1.29, 1.82) is 0 Å². The SMILES string of the molecule is CC(C)=CCC[C@@H](C)CC[N+](C)(C)C(C)C.[Br-]. The molecule has 17 heavy (non-hydrogen) atoms. The molecule has 0 saturated heterocycles. The Labute approximate surface area is 120 Å². The molecule has 0 aromatic rings. The lowest BCUT2D eigenvalue weighted by Crippen LogP contribution is -3.00. The van der Waals surface area contributed by atoms with Crippen LogP contribution in [-0.4, -0.2) is 31.2 Å². The highest BCUT2D eigenvalue weighted by Gasteiger charge is 2.19. The average Bonchev–Trinajstić information content (AvgIpc) is 2.14. The number of hydrogen-bond donors (Lipinski definition) is 0. The van der Waals surface area contributed by atoms with Crippen molar-refractivity contribution in [2.24, 2.45) is 5.92 Å². The molecule has 1 atom stereocenters. The van der Waals surface area contributed by atoms with E-state index < -0.39 is 0 Å². The number of halogens is 1. The van der Waals surface area contributed by atoms with E-state index in [4.69, 9.17) is 0 Å². The highest BCUT2D eigenvalue weighted by atomic mass is 79.9. The Morgan fingerprint density at radius 3 is 2.00 bits per heavy atom. The minimum Gasteiger partial charge on any atom is -1.00 e. The van der Waals surface area contributed by atoms with Crippen molar-refractivity contribution in [2.75, 3.05) is 20.6 Å². The second kappa shape index (κ2) is 9.16. The Hall–Kier alpha value is 0.180. The summed E-state index contributed by atoms with van der Waals surface area (Å²) in [6, 6.07) is 0.727. The van der Waals surface area contributed by atoms with Gasteiger partial charge in [0.05, 0.1) is 26.7 Å². The summed E-state index contributed by atoms with van der Waals surface area (Å²) in [5.74, 6) is 0.853. The van der Waals surface area contributed by atoms with E-state index in [0.29, 0.717) is 0 Å². The number of hydrogen-bond acceptors (Lipinski definition) is 0. The molecule has 0 aliphatic heterocycles. The molecule has 0 amide bonds. The molecule has 0 aliphatic carbocycles. The first-order valence-corrected chi connectivity index (χ1v) is 6.71. The van der Waals surface area contributed by atoms with E-state index in [1.807, 2.05) is 0 Å². The van der Waals surface area contributed by atoms with Gasteiger partial charge in [-0.3, -0.25) is 0 Å². The van der Waals surface area contributed by atoms with Gasteiger partial charge in [0.1, 0.15) is 0 Å². The standard InChI is InChI=1S/C15H32N.BrH/c1-13(2)9-8-10-15(5)11-12-16(6,7)14(3)4;/h9,14-15H,8,10-12H2,1-7H3;1H/q+1;/p-1/t15-;/m1./s1. The summed E-state index contributed by atoms with van der Waals surface area (Å²) in [6.45, 7) is 12.7. The first-order chi connectivity index (χ1) is 7.25. The van der Waals surface area contributed by atoms with Crippen molar-refractivity contribution in [3.05, 3.63) is 11.6 Å². The van der Waals surface area contributed by atoms with Gasteiger partial charge >= 0.3 is 0 Å². The predicted octanol–water partition coefficient (Wildman–Crippen LogP) is 1.25. The van der Waals surface area contributed by atoms with Crippen molar-refractivity contribution in [3.63, 3.8) is 0 Å². The van der Waals surface area contributed by atoms with Gasteiger partial charge in [-0.2, -0.15) is 0 Å². The van der Waals surface area contributed by atoms with E-state index in [2.05, 4.69) is 54.8 Å². The highest BCUT2D eigenvalue weighted by molar-refractivity contribution is 4.92. The maximum absolute atomic E-state index is 2.39. The molecule has 0 fully saturated rings. The summed E-state index contributed by atoms with van der Waals surface area (Å²) in [6.07, 6.45) is 6.29. The van der Waals surface area contributed by atoms with Crippen LogP contribution in [0.3, 0.4) is 0 Å². The topological polar surface area (TPSA) is 0 Å². The Balaban J connectivity index is 0. The molecule has 1 nitrogen and oxygen atoms in total. The third kappa shape index (κ3) is 9.84. The van der Waals surface area contributed by atoms with Crippen LogP contribution in [0.1, 0.15) is 53.9 Å². The van der Waals surface area contributed by atoms with Crippen LogP contribution in [0.25, 0.3) is 0 Å². The van der Waals surface area contributed by atoms with Gasteiger partial charge < -0.3 is 21.5 Å². The second-order valence-electron chi connectivity index (χ2n) is 6.35. The van der Waals surface area contributed by atoms with E-state index in [-0.39, 0.29) is 17.0 Å². The molecule has 2 heteroatoms. The molecular weight excluding hydrogens is 274 g/mol. The summed E-state index contributed by atoms with van der Waals surface area (Å²) in [5.41, 5.74) is 1.45. The van der Waals surface area contributed by atoms with E-state index in [9.17, 15) is 0 Å². The lowest BCUT2D eigenvalue weighted by Gasteiger charge is -2.35. The lowest BCUT2D eigenvalue weighted by molar-refractivity contribution is -0.911. The first-order valence-electron chi connectivity index (χ1n) is 6.71. The molecule has 0 bridgehead atoms. The molecule has 0 radical (unpaired) electrons. The van der Waals surface area contributed by atoms with Gasteiger partial charge in [0.25, 0.3) is 0 Å². The number of nitrogens with zero attached hydrogens (tertiary/aromatic N) is 1. The zero-order valence-electron chi connectivity index (χ0n) is 12.9. The van der Waals surface area contributed by atoms with Crippen molar-refractivity contribution in [2.45, 2.75) is 59.9 Å². The monoisotopic (exact) mass is 305 g/mol. The Morgan fingerprint density at radius 1 is 1.06 bits per heavy atom. The first kappa shape index (κ1) is 19.5. The van der Waals surface area contributed by atoms with Crippen LogP contribution in [0.15, 0.2) is 11.6 Å². The van der Waals surface area contributed by atoms with Crippen molar-refractivity contribution in [1.82, 2.24) is 0 Å². The Bertz CT molecular complexity index is 215. The van der Waals surface area contributed by atoms with E-state index in [0.717, 1.165) is 16.4 Å². The van der Waals surface area contributed by atoms with E-state index in [1.54, 1.807) is 0 Å². The molecule has 0 unspecified atom stereocenters. The van der Waals surface area contributed by atoms with Crippen LogP contribution in [0, 0.1) is 5.92 Å².